The van der Waals surface area contributed by atoms with E-state index in [1.807, 2.05) is 0 Å². The molecule has 1 aliphatic heterocycles. The summed E-state index contributed by atoms with van der Waals surface area (Å²) in [6, 6.07) is 11.8. The fourth-order valence-electron chi connectivity index (χ4n) is 4.19. The molecule has 0 aliphatic carbocycles. The summed E-state index contributed by atoms with van der Waals surface area (Å²) < 4.78 is 35.6. The number of hydrogen-bond donors (Lipinski definition) is 2. The molecule has 2 N–H and O–H groups in total. The summed E-state index contributed by atoms with van der Waals surface area (Å²) in [5, 5.41) is 4.78. The molecule has 0 bridgehead atoms. The number of carbonyl (C=O) groups is 4. The molecule has 0 radical (unpaired) electrons. The summed E-state index contributed by atoms with van der Waals surface area (Å²) in [5.74, 6) is -1.97. The van der Waals surface area contributed by atoms with Gasteiger partial charge in [0.1, 0.15) is 22.9 Å². The highest BCUT2D eigenvalue weighted by Gasteiger charge is 2.38. The number of carbonyl (C=O) groups excluding carboxylic acids is 4. The molecule has 0 unspecified atom stereocenters. The van der Waals surface area contributed by atoms with Crippen LogP contribution in [0.5, 0.6) is 23.0 Å². The van der Waals surface area contributed by atoms with Gasteiger partial charge in [0.05, 0.1) is 30.5 Å². The van der Waals surface area contributed by atoms with E-state index in [4.69, 9.17) is 30.5 Å². The highest BCUT2D eigenvalue weighted by atomic mass is 35.5. The van der Waals surface area contributed by atoms with Crippen LogP contribution in [0.3, 0.4) is 0 Å². The molecule has 0 atom stereocenters. The molecule has 1 heterocycles. The molecular weight excluding hydrogens is 597 g/mol. The topological polar surface area (TPSA) is 133 Å². The molecule has 13 heteroatoms. The second kappa shape index (κ2) is 14.4. The lowest BCUT2D eigenvalue weighted by atomic mass is 10.1. The Morgan fingerprint density at radius 2 is 1.59 bits per heavy atom. The Morgan fingerprint density at radius 3 is 2.27 bits per heavy atom. The van der Waals surface area contributed by atoms with Crippen LogP contribution in [-0.2, 0) is 14.4 Å². The molecule has 4 rings (SSSR count). The minimum Gasteiger partial charge on any atom is -0.494 e. The summed E-state index contributed by atoms with van der Waals surface area (Å²) in [4.78, 5) is 52.5. The molecule has 0 saturated carbocycles. The number of hydrogen-bond acceptors (Lipinski definition) is 8. The van der Waals surface area contributed by atoms with Gasteiger partial charge in [-0.15, -0.1) is 0 Å². The summed E-state index contributed by atoms with van der Waals surface area (Å²) in [6.45, 7) is 5.61. The van der Waals surface area contributed by atoms with Crippen molar-refractivity contribution in [3.05, 3.63) is 76.6 Å². The van der Waals surface area contributed by atoms with Crippen LogP contribution in [-0.4, -0.2) is 50.2 Å². The standard InChI is InChI=1S/C31H29ClFN3O8/c1-4-41-21-11-12-25(42-5-2)24(16-21)36-30(39)22(29(38)35-31(36)40)13-18-14-23(32)28(26(15-18)43-6-3)44-17-27(37)34-20-9-7-19(33)8-10-20/h7-16H,4-6,17H2,1-3H3,(H,34,37)(H,35,38,40)/b22-13+. The van der Waals surface area contributed by atoms with E-state index in [0.717, 1.165) is 4.90 Å². The van der Waals surface area contributed by atoms with Crippen molar-refractivity contribution in [3.8, 4) is 23.0 Å². The molecule has 230 valence electrons. The first-order valence-electron chi connectivity index (χ1n) is 13.6. The van der Waals surface area contributed by atoms with Crippen molar-refractivity contribution in [2.24, 2.45) is 0 Å². The number of ether oxygens (including phenoxy) is 4. The van der Waals surface area contributed by atoms with E-state index in [-0.39, 0.29) is 52.3 Å². The minimum absolute atomic E-state index is 0.0250. The molecule has 3 aromatic rings. The zero-order valence-electron chi connectivity index (χ0n) is 24.1. The molecule has 0 aromatic heterocycles. The maximum Gasteiger partial charge on any atom is 0.336 e. The Balaban J connectivity index is 1.62. The van der Waals surface area contributed by atoms with Gasteiger partial charge in [-0.1, -0.05) is 11.6 Å². The average molecular weight is 626 g/mol. The van der Waals surface area contributed by atoms with Crippen molar-refractivity contribution in [2.45, 2.75) is 20.8 Å². The first-order chi connectivity index (χ1) is 21.1. The quantitative estimate of drug-likeness (QED) is 0.203. The minimum atomic E-state index is -0.956. The van der Waals surface area contributed by atoms with Gasteiger partial charge in [-0.3, -0.25) is 19.7 Å². The Bertz CT molecular complexity index is 1610. The van der Waals surface area contributed by atoms with E-state index in [0.29, 0.717) is 18.0 Å². The van der Waals surface area contributed by atoms with Crippen LogP contribution in [0.4, 0.5) is 20.6 Å². The van der Waals surface area contributed by atoms with Crippen molar-refractivity contribution in [3.63, 3.8) is 0 Å². The number of imide groups is 2. The van der Waals surface area contributed by atoms with Crippen molar-refractivity contribution in [1.82, 2.24) is 5.32 Å². The average Bonchev–Trinajstić information content (AvgIpc) is 2.97. The summed E-state index contributed by atoms with van der Waals surface area (Å²) in [5.41, 5.74) is 0.385. The lowest BCUT2D eigenvalue weighted by Gasteiger charge is -2.28. The summed E-state index contributed by atoms with van der Waals surface area (Å²) in [7, 11) is 0. The Hall–Kier alpha value is -5.10. The largest absolute Gasteiger partial charge is 0.494 e. The summed E-state index contributed by atoms with van der Waals surface area (Å²) in [6.07, 6.45) is 1.25. The molecule has 1 aliphatic rings. The third kappa shape index (κ3) is 7.45. The normalized spacial score (nSPS) is 13.9. The second-order valence-electron chi connectivity index (χ2n) is 9.06. The molecule has 3 aromatic carbocycles. The predicted octanol–water partition coefficient (Wildman–Crippen LogP) is 5.36. The fraction of sp³-hybridized carbons (Fsp3) is 0.226. The van der Waals surface area contributed by atoms with Gasteiger partial charge in [0.25, 0.3) is 17.7 Å². The third-order valence-corrected chi connectivity index (χ3v) is 6.28. The lowest BCUT2D eigenvalue weighted by Crippen LogP contribution is -2.54. The van der Waals surface area contributed by atoms with E-state index in [1.165, 1.54) is 48.5 Å². The third-order valence-electron chi connectivity index (χ3n) is 6.00. The van der Waals surface area contributed by atoms with E-state index in [2.05, 4.69) is 10.6 Å². The van der Waals surface area contributed by atoms with Crippen LogP contribution < -0.4 is 34.5 Å². The first-order valence-corrected chi connectivity index (χ1v) is 14.0. The zero-order valence-corrected chi connectivity index (χ0v) is 24.8. The van der Waals surface area contributed by atoms with Gasteiger partial charge in [-0.25, -0.2) is 14.1 Å². The SMILES string of the molecule is CCOc1ccc(OCC)c(N2C(=O)NC(=O)/C(=C\c3cc(Cl)c(OCC(=O)Nc4ccc(F)cc4)c(OCC)c3)C2=O)c1. The Kier molecular flexibility index (Phi) is 10.4. The number of anilines is 2. The van der Waals surface area contributed by atoms with Crippen molar-refractivity contribution >= 4 is 52.8 Å². The molecule has 0 spiro atoms. The number of rotatable bonds is 12. The van der Waals surface area contributed by atoms with Crippen molar-refractivity contribution in [2.75, 3.05) is 36.6 Å². The van der Waals surface area contributed by atoms with E-state index < -0.39 is 36.2 Å². The molecule has 11 nitrogen and oxygen atoms in total. The highest BCUT2D eigenvalue weighted by Crippen LogP contribution is 2.38. The molecule has 44 heavy (non-hydrogen) atoms. The Morgan fingerprint density at radius 1 is 0.909 bits per heavy atom. The predicted molar refractivity (Wildman–Crippen MR) is 161 cm³/mol. The second-order valence-corrected chi connectivity index (χ2v) is 9.47. The van der Waals surface area contributed by atoms with Crippen molar-refractivity contribution < 1.29 is 42.5 Å². The number of nitrogens with one attached hydrogen (secondary N) is 2. The molecule has 1 fully saturated rings. The first kappa shape index (κ1) is 31.8. The summed E-state index contributed by atoms with van der Waals surface area (Å²) >= 11 is 6.48. The van der Waals surface area contributed by atoms with Gasteiger partial charge in [0, 0.05) is 11.8 Å². The van der Waals surface area contributed by atoms with E-state index in [9.17, 15) is 23.6 Å². The molecular formula is C31H29ClFN3O8. The molecule has 5 amide bonds. The number of urea groups is 1. The maximum atomic E-state index is 13.6. The van der Waals surface area contributed by atoms with Gasteiger partial charge in [0.15, 0.2) is 18.1 Å². The fourth-order valence-corrected chi connectivity index (χ4v) is 4.46. The van der Waals surface area contributed by atoms with E-state index in [1.54, 1.807) is 32.9 Å². The van der Waals surface area contributed by atoms with Crippen LogP contribution >= 0.6 is 11.6 Å². The monoisotopic (exact) mass is 625 g/mol. The number of halogens is 2. The Labute approximate surface area is 257 Å². The smallest absolute Gasteiger partial charge is 0.336 e. The number of barbiturate groups is 1. The van der Waals surface area contributed by atoms with Crippen LogP contribution in [0, 0.1) is 5.82 Å². The number of amides is 5. The van der Waals surface area contributed by atoms with Crippen LogP contribution in [0.15, 0.2) is 60.2 Å². The van der Waals surface area contributed by atoms with Crippen LogP contribution in [0.25, 0.3) is 6.08 Å². The van der Waals surface area contributed by atoms with Crippen LogP contribution in [0.1, 0.15) is 26.3 Å². The molecule has 1 saturated heterocycles. The number of nitrogens with zero attached hydrogens (tertiary/aromatic N) is 1. The zero-order chi connectivity index (χ0) is 31.8. The van der Waals surface area contributed by atoms with Gasteiger partial charge in [-0.2, -0.15) is 0 Å². The van der Waals surface area contributed by atoms with Crippen molar-refractivity contribution in [1.29, 1.82) is 0 Å². The lowest BCUT2D eigenvalue weighted by molar-refractivity contribution is -0.122. The van der Waals surface area contributed by atoms with Gasteiger partial charge in [-0.05, 0) is 80.9 Å². The highest BCUT2D eigenvalue weighted by molar-refractivity contribution is 6.39. The van der Waals surface area contributed by atoms with Gasteiger partial charge < -0.3 is 24.3 Å². The number of benzene rings is 3. The van der Waals surface area contributed by atoms with Gasteiger partial charge in [0.2, 0.25) is 0 Å². The van der Waals surface area contributed by atoms with E-state index >= 15 is 0 Å². The maximum absolute atomic E-state index is 13.6. The van der Waals surface area contributed by atoms with Crippen LogP contribution in [0.2, 0.25) is 5.02 Å². The van der Waals surface area contributed by atoms with Gasteiger partial charge >= 0.3 is 6.03 Å².